The summed E-state index contributed by atoms with van der Waals surface area (Å²) in [7, 11) is 0. The van der Waals surface area contributed by atoms with Gasteiger partial charge in [-0.15, -0.1) is 0 Å². The Balaban J connectivity index is 2.00. The van der Waals surface area contributed by atoms with Crippen molar-refractivity contribution in [2.45, 2.75) is 6.92 Å². The van der Waals surface area contributed by atoms with Crippen molar-refractivity contribution < 1.29 is 4.39 Å². The molecule has 0 amide bonds. The number of aryl methyl sites for hydroxylation is 1. The van der Waals surface area contributed by atoms with Crippen LogP contribution in [0.25, 0.3) is 28.0 Å². The lowest BCUT2D eigenvalue weighted by Gasteiger charge is -2.04. The molecule has 4 rings (SSSR count). The van der Waals surface area contributed by atoms with E-state index in [0.29, 0.717) is 16.9 Å². The Labute approximate surface area is 151 Å². The summed E-state index contributed by atoms with van der Waals surface area (Å²) in [5.74, 6) is -0.363. The molecular formula is C19H13BrFN3O. The van der Waals surface area contributed by atoms with Crippen LogP contribution in [0.5, 0.6) is 0 Å². The van der Waals surface area contributed by atoms with Gasteiger partial charge in [0.15, 0.2) is 5.65 Å². The minimum Gasteiger partial charge on any atom is -0.293 e. The van der Waals surface area contributed by atoms with Gasteiger partial charge in [-0.1, -0.05) is 40.2 Å². The quantitative estimate of drug-likeness (QED) is 0.538. The fourth-order valence-corrected chi connectivity index (χ4v) is 3.17. The van der Waals surface area contributed by atoms with E-state index in [0.717, 1.165) is 21.3 Å². The third kappa shape index (κ3) is 2.78. The Morgan fingerprint density at radius 2 is 1.84 bits per heavy atom. The molecule has 4 aromatic rings. The highest BCUT2D eigenvalue weighted by Gasteiger charge is 2.15. The number of benzene rings is 2. The lowest BCUT2D eigenvalue weighted by Crippen LogP contribution is -2.14. The molecule has 4 nitrogen and oxygen atoms in total. The number of H-pyrrole nitrogens is 1. The van der Waals surface area contributed by atoms with Crippen LogP contribution in [0, 0.1) is 12.7 Å². The van der Waals surface area contributed by atoms with Crippen LogP contribution in [0.1, 0.15) is 5.69 Å². The molecule has 0 aliphatic rings. The highest BCUT2D eigenvalue weighted by Crippen LogP contribution is 2.29. The predicted molar refractivity (Wildman–Crippen MR) is 99.1 cm³/mol. The first-order chi connectivity index (χ1) is 12.0. The van der Waals surface area contributed by atoms with Gasteiger partial charge in [-0.2, -0.15) is 0 Å². The minimum absolute atomic E-state index is 0.240. The van der Waals surface area contributed by atoms with Gasteiger partial charge in [0, 0.05) is 27.4 Å². The van der Waals surface area contributed by atoms with Gasteiger partial charge in [-0.3, -0.25) is 9.89 Å². The summed E-state index contributed by atoms with van der Waals surface area (Å²) in [5.41, 5.74) is 3.93. The van der Waals surface area contributed by atoms with Gasteiger partial charge in [0.1, 0.15) is 5.82 Å². The number of halogens is 2. The summed E-state index contributed by atoms with van der Waals surface area (Å²) in [6, 6.07) is 15.3. The number of hydrogen-bond acceptors (Lipinski definition) is 2. The van der Waals surface area contributed by atoms with Crippen LogP contribution in [0.4, 0.5) is 4.39 Å². The number of fused-ring (bicyclic) bond motifs is 1. The summed E-state index contributed by atoms with van der Waals surface area (Å²) >= 11 is 3.42. The summed E-state index contributed by atoms with van der Waals surface area (Å²) < 4.78 is 15.9. The molecule has 2 aromatic heterocycles. The van der Waals surface area contributed by atoms with Gasteiger partial charge in [-0.25, -0.2) is 13.9 Å². The van der Waals surface area contributed by atoms with Crippen molar-refractivity contribution in [3.63, 3.8) is 0 Å². The van der Waals surface area contributed by atoms with Crippen LogP contribution in [-0.2, 0) is 0 Å². The topological polar surface area (TPSA) is 50.2 Å². The lowest BCUT2D eigenvalue weighted by atomic mass is 10.1. The van der Waals surface area contributed by atoms with E-state index in [1.807, 2.05) is 31.2 Å². The first-order valence-electron chi connectivity index (χ1n) is 7.67. The number of nitrogens with one attached hydrogen (secondary N) is 1. The van der Waals surface area contributed by atoms with Crippen molar-refractivity contribution in [2.24, 2.45) is 0 Å². The maximum absolute atomic E-state index is 13.5. The standard InChI is InChI=1S/C19H13BrFN3O/c1-11-18(12-5-7-14(20)8-6-12)19-22-16(10-17(25)24(19)23-11)13-3-2-4-15(21)9-13/h2-10,23H,1H3. The molecule has 0 bridgehead atoms. The number of rotatable bonds is 2. The van der Waals surface area contributed by atoms with Crippen molar-refractivity contribution in [3.05, 3.63) is 80.9 Å². The van der Waals surface area contributed by atoms with E-state index in [1.165, 1.54) is 22.7 Å². The molecule has 2 heterocycles. The highest BCUT2D eigenvalue weighted by atomic mass is 79.9. The molecule has 0 saturated heterocycles. The molecular weight excluding hydrogens is 385 g/mol. The third-order valence-electron chi connectivity index (χ3n) is 4.05. The zero-order valence-corrected chi connectivity index (χ0v) is 14.8. The maximum Gasteiger partial charge on any atom is 0.273 e. The predicted octanol–water partition coefficient (Wildman–Crippen LogP) is 4.57. The number of aromatic amines is 1. The summed E-state index contributed by atoms with van der Waals surface area (Å²) in [5, 5.41) is 3.05. The molecule has 124 valence electrons. The molecule has 0 radical (unpaired) electrons. The van der Waals surface area contributed by atoms with Crippen molar-refractivity contribution in [3.8, 4) is 22.4 Å². The molecule has 0 unspecified atom stereocenters. The van der Waals surface area contributed by atoms with Crippen LogP contribution < -0.4 is 5.56 Å². The lowest BCUT2D eigenvalue weighted by molar-refractivity contribution is 0.628. The summed E-state index contributed by atoms with van der Waals surface area (Å²) in [6.07, 6.45) is 0. The smallest absolute Gasteiger partial charge is 0.273 e. The average Bonchev–Trinajstić information content (AvgIpc) is 2.92. The van der Waals surface area contributed by atoms with Gasteiger partial charge in [0.05, 0.1) is 5.69 Å². The van der Waals surface area contributed by atoms with Crippen LogP contribution in [0.15, 0.2) is 63.9 Å². The monoisotopic (exact) mass is 397 g/mol. The molecule has 0 saturated carbocycles. The Bertz CT molecular complexity index is 1150. The third-order valence-corrected chi connectivity index (χ3v) is 4.58. The molecule has 0 aliphatic carbocycles. The van der Waals surface area contributed by atoms with E-state index in [1.54, 1.807) is 12.1 Å². The minimum atomic E-state index is -0.363. The first-order valence-corrected chi connectivity index (χ1v) is 8.46. The van der Waals surface area contributed by atoms with E-state index in [2.05, 4.69) is 26.0 Å². The highest BCUT2D eigenvalue weighted by molar-refractivity contribution is 9.10. The molecule has 2 aromatic carbocycles. The van der Waals surface area contributed by atoms with Crippen molar-refractivity contribution in [1.29, 1.82) is 0 Å². The summed E-state index contributed by atoms with van der Waals surface area (Å²) in [4.78, 5) is 17.1. The average molecular weight is 398 g/mol. The SMILES string of the molecule is Cc1[nH]n2c(=O)cc(-c3cccc(F)c3)nc2c1-c1ccc(Br)cc1. The number of nitrogens with zero attached hydrogens (tertiary/aromatic N) is 2. The van der Waals surface area contributed by atoms with E-state index >= 15 is 0 Å². The second-order valence-corrected chi connectivity index (χ2v) is 6.68. The van der Waals surface area contributed by atoms with Gasteiger partial charge in [0.25, 0.3) is 5.56 Å². The molecule has 6 heteroatoms. The van der Waals surface area contributed by atoms with E-state index < -0.39 is 0 Å². The Morgan fingerprint density at radius 3 is 2.56 bits per heavy atom. The zero-order chi connectivity index (χ0) is 17.6. The van der Waals surface area contributed by atoms with Crippen LogP contribution in [0.2, 0.25) is 0 Å². The fraction of sp³-hybridized carbons (Fsp3) is 0.0526. The number of aromatic nitrogens is 3. The summed E-state index contributed by atoms with van der Waals surface area (Å²) in [6.45, 7) is 1.90. The Kier molecular flexibility index (Phi) is 3.77. The fourth-order valence-electron chi connectivity index (χ4n) is 2.91. The van der Waals surface area contributed by atoms with E-state index in [-0.39, 0.29) is 11.4 Å². The van der Waals surface area contributed by atoms with Crippen LogP contribution in [0.3, 0.4) is 0 Å². The van der Waals surface area contributed by atoms with E-state index in [9.17, 15) is 9.18 Å². The van der Waals surface area contributed by atoms with Crippen LogP contribution in [-0.4, -0.2) is 14.6 Å². The van der Waals surface area contributed by atoms with Crippen molar-refractivity contribution in [1.82, 2.24) is 14.6 Å². The number of hydrogen-bond donors (Lipinski definition) is 1. The maximum atomic E-state index is 13.5. The van der Waals surface area contributed by atoms with Gasteiger partial charge < -0.3 is 0 Å². The second kappa shape index (κ2) is 5.97. The second-order valence-electron chi connectivity index (χ2n) is 5.77. The zero-order valence-electron chi connectivity index (χ0n) is 13.3. The van der Waals surface area contributed by atoms with Gasteiger partial charge in [-0.05, 0) is 36.8 Å². The molecule has 1 N–H and O–H groups in total. The van der Waals surface area contributed by atoms with Crippen molar-refractivity contribution >= 4 is 21.6 Å². The molecule has 0 atom stereocenters. The molecule has 25 heavy (non-hydrogen) atoms. The van der Waals surface area contributed by atoms with Crippen molar-refractivity contribution in [2.75, 3.05) is 0 Å². The van der Waals surface area contributed by atoms with Crippen LogP contribution >= 0.6 is 15.9 Å². The van der Waals surface area contributed by atoms with Gasteiger partial charge >= 0.3 is 0 Å². The van der Waals surface area contributed by atoms with E-state index in [4.69, 9.17) is 0 Å². The molecule has 0 aliphatic heterocycles. The Morgan fingerprint density at radius 1 is 1.08 bits per heavy atom. The Hall–Kier alpha value is -2.73. The molecule has 0 spiro atoms. The first kappa shape index (κ1) is 15.8. The normalized spacial score (nSPS) is 11.2. The van der Waals surface area contributed by atoms with Gasteiger partial charge in [0.2, 0.25) is 0 Å². The molecule has 0 fully saturated rings. The largest absolute Gasteiger partial charge is 0.293 e.